The molecule has 0 aliphatic rings. The summed E-state index contributed by atoms with van der Waals surface area (Å²) in [7, 11) is 3.10. The number of hydrogen-bond acceptors (Lipinski definition) is 4. The second-order valence-electron chi connectivity index (χ2n) is 5.27. The predicted molar refractivity (Wildman–Crippen MR) is 91.7 cm³/mol. The zero-order chi connectivity index (χ0) is 16.9. The Balaban J connectivity index is 1.65. The molecular formula is C18H19N3O3. The van der Waals surface area contributed by atoms with E-state index in [9.17, 15) is 4.79 Å². The molecule has 3 rings (SSSR count). The average Bonchev–Trinajstić information content (AvgIpc) is 3.03. The summed E-state index contributed by atoms with van der Waals surface area (Å²) in [5.74, 6) is 1.76. The first-order valence-electron chi connectivity index (χ1n) is 7.65. The number of benzene rings is 2. The Bertz CT molecular complexity index is 825. The molecule has 1 amide bonds. The Morgan fingerprint density at radius 2 is 2.00 bits per heavy atom. The second-order valence-corrected chi connectivity index (χ2v) is 5.27. The number of nitrogens with one attached hydrogen (secondary N) is 2. The van der Waals surface area contributed by atoms with Crippen molar-refractivity contribution in [2.45, 2.75) is 6.42 Å². The molecule has 0 saturated carbocycles. The Morgan fingerprint density at radius 1 is 1.17 bits per heavy atom. The molecular weight excluding hydrogens is 306 g/mol. The van der Waals surface area contributed by atoms with Crippen molar-refractivity contribution in [3.8, 4) is 11.5 Å². The van der Waals surface area contributed by atoms with Crippen molar-refractivity contribution in [3.63, 3.8) is 0 Å². The number of carbonyl (C=O) groups excluding carboxylic acids is 1. The van der Waals surface area contributed by atoms with Crippen LogP contribution in [0.1, 0.15) is 16.2 Å². The van der Waals surface area contributed by atoms with Crippen LogP contribution in [0, 0.1) is 0 Å². The average molecular weight is 325 g/mol. The third kappa shape index (κ3) is 3.32. The van der Waals surface area contributed by atoms with E-state index in [1.807, 2.05) is 24.3 Å². The fourth-order valence-corrected chi connectivity index (χ4v) is 2.51. The quantitative estimate of drug-likeness (QED) is 0.730. The van der Waals surface area contributed by atoms with E-state index < -0.39 is 0 Å². The summed E-state index contributed by atoms with van der Waals surface area (Å²) >= 11 is 0. The molecule has 2 aromatic carbocycles. The molecule has 24 heavy (non-hydrogen) atoms. The smallest absolute Gasteiger partial charge is 0.255 e. The van der Waals surface area contributed by atoms with E-state index in [2.05, 4.69) is 15.3 Å². The highest BCUT2D eigenvalue weighted by atomic mass is 16.5. The molecule has 6 heteroatoms. The Morgan fingerprint density at radius 3 is 2.75 bits per heavy atom. The highest BCUT2D eigenvalue weighted by Crippen LogP contribution is 2.23. The summed E-state index contributed by atoms with van der Waals surface area (Å²) < 4.78 is 10.4. The molecule has 0 bridgehead atoms. The van der Waals surface area contributed by atoms with Gasteiger partial charge in [-0.05, 0) is 30.3 Å². The lowest BCUT2D eigenvalue weighted by Gasteiger charge is -2.10. The van der Waals surface area contributed by atoms with Crippen LogP contribution in [-0.4, -0.2) is 36.6 Å². The molecule has 6 nitrogen and oxygen atoms in total. The number of H-pyrrole nitrogens is 1. The minimum absolute atomic E-state index is 0.207. The largest absolute Gasteiger partial charge is 0.497 e. The maximum absolute atomic E-state index is 12.4. The molecule has 1 aromatic heterocycles. The van der Waals surface area contributed by atoms with Gasteiger partial charge >= 0.3 is 0 Å². The Hall–Kier alpha value is -3.02. The number of aromatic nitrogens is 2. The number of imidazole rings is 1. The summed E-state index contributed by atoms with van der Waals surface area (Å²) in [5, 5.41) is 2.88. The highest BCUT2D eigenvalue weighted by Gasteiger charge is 2.13. The van der Waals surface area contributed by atoms with Gasteiger partial charge < -0.3 is 19.8 Å². The van der Waals surface area contributed by atoms with E-state index in [1.165, 1.54) is 7.11 Å². The molecule has 0 aliphatic heterocycles. The summed E-state index contributed by atoms with van der Waals surface area (Å²) in [6.07, 6.45) is 0.618. The van der Waals surface area contributed by atoms with Crippen molar-refractivity contribution in [1.29, 1.82) is 0 Å². The molecule has 0 spiro atoms. The number of nitrogens with zero attached hydrogens (tertiary/aromatic N) is 1. The molecule has 1 heterocycles. The van der Waals surface area contributed by atoms with E-state index >= 15 is 0 Å². The maximum Gasteiger partial charge on any atom is 0.255 e. The molecule has 124 valence electrons. The van der Waals surface area contributed by atoms with Gasteiger partial charge in [-0.25, -0.2) is 4.98 Å². The fourth-order valence-electron chi connectivity index (χ4n) is 2.51. The third-order valence-corrected chi connectivity index (χ3v) is 3.74. The Labute approximate surface area is 139 Å². The fraction of sp³-hybridized carbons (Fsp3) is 0.222. The summed E-state index contributed by atoms with van der Waals surface area (Å²) in [4.78, 5) is 20.1. The van der Waals surface area contributed by atoms with Crippen LogP contribution in [0.2, 0.25) is 0 Å². The lowest BCUT2D eigenvalue weighted by Crippen LogP contribution is -2.26. The standard InChI is InChI=1S/C18H19N3O3/c1-23-12-7-8-16(24-2)13(11-12)18(22)19-10-9-17-20-14-5-3-4-6-15(14)21-17/h3-8,11H,9-10H2,1-2H3,(H,19,22)(H,20,21). The van der Waals surface area contributed by atoms with Gasteiger partial charge in [0.2, 0.25) is 0 Å². The van der Waals surface area contributed by atoms with Crippen molar-refractivity contribution in [2.75, 3.05) is 20.8 Å². The highest BCUT2D eigenvalue weighted by molar-refractivity contribution is 5.97. The van der Waals surface area contributed by atoms with Gasteiger partial charge in [0.15, 0.2) is 0 Å². The number of fused-ring (bicyclic) bond motifs is 1. The third-order valence-electron chi connectivity index (χ3n) is 3.74. The van der Waals surface area contributed by atoms with Crippen molar-refractivity contribution >= 4 is 16.9 Å². The van der Waals surface area contributed by atoms with E-state index in [-0.39, 0.29) is 5.91 Å². The van der Waals surface area contributed by atoms with Gasteiger partial charge in [-0.2, -0.15) is 0 Å². The van der Waals surface area contributed by atoms with Gasteiger partial charge in [0, 0.05) is 13.0 Å². The first kappa shape index (κ1) is 15.9. The van der Waals surface area contributed by atoms with Gasteiger partial charge in [-0.3, -0.25) is 4.79 Å². The first-order valence-corrected chi connectivity index (χ1v) is 7.65. The summed E-state index contributed by atoms with van der Waals surface area (Å²) in [6, 6.07) is 13.0. The molecule has 3 aromatic rings. The topological polar surface area (TPSA) is 76.2 Å². The number of para-hydroxylation sites is 2. The van der Waals surface area contributed by atoms with Crippen LogP contribution in [0.25, 0.3) is 11.0 Å². The predicted octanol–water partition coefficient (Wildman–Crippen LogP) is 2.55. The molecule has 2 N–H and O–H groups in total. The summed E-state index contributed by atoms with van der Waals surface area (Å²) in [6.45, 7) is 0.471. The van der Waals surface area contributed by atoms with Crippen molar-refractivity contribution in [3.05, 3.63) is 53.9 Å². The van der Waals surface area contributed by atoms with Crippen LogP contribution < -0.4 is 14.8 Å². The van der Waals surface area contributed by atoms with Crippen molar-refractivity contribution in [2.24, 2.45) is 0 Å². The van der Waals surface area contributed by atoms with Crippen LogP contribution in [0.15, 0.2) is 42.5 Å². The number of aromatic amines is 1. The normalized spacial score (nSPS) is 10.6. The number of carbonyl (C=O) groups is 1. The molecule has 0 aliphatic carbocycles. The number of rotatable bonds is 6. The maximum atomic E-state index is 12.4. The number of ether oxygens (including phenoxy) is 2. The van der Waals surface area contributed by atoms with E-state index in [0.29, 0.717) is 30.0 Å². The van der Waals surface area contributed by atoms with Gasteiger partial charge in [-0.1, -0.05) is 12.1 Å². The minimum Gasteiger partial charge on any atom is -0.497 e. The molecule has 0 saturated heterocycles. The van der Waals surface area contributed by atoms with Crippen LogP contribution in [-0.2, 0) is 6.42 Å². The van der Waals surface area contributed by atoms with Gasteiger partial charge in [0.05, 0.1) is 30.8 Å². The van der Waals surface area contributed by atoms with Crippen molar-refractivity contribution in [1.82, 2.24) is 15.3 Å². The summed E-state index contributed by atoms with van der Waals surface area (Å²) in [5.41, 5.74) is 2.36. The zero-order valence-corrected chi connectivity index (χ0v) is 13.6. The van der Waals surface area contributed by atoms with Crippen molar-refractivity contribution < 1.29 is 14.3 Å². The number of hydrogen-bond donors (Lipinski definition) is 2. The minimum atomic E-state index is -0.207. The van der Waals surface area contributed by atoms with Gasteiger partial charge in [0.1, 0.15) is 17.3 Å². The first-order chi connectivity index (χ1) is 11.7. The van der Waals surface area contributed by atoms with E-state index in [0.717, 1.165) is 16.9 Å². The lowest BCUT2D eigenvalue weighted by atomic mass is 10.1. The molecule has 0 radical (unpaired) electrons. The van der Waals surface area contributed by atoms with E-state index in [4.69, 9.17) is 9.47 Å². The second kappa shape index (κ2) is 7.04. The Kier molecular flexibility index (Phi) is 4.65. The monoisotopic (exact) mass is 325 g/mol. The molecule has 0 unspecified atom stereocenters. The number of amides is 1. The zero-order valence-electron chi connectivity index (χ0n) is 13.6. The SMILES string of the molecule is COc1ccc(OC)c(C(=O)NCCc2nc3ccccc3[nH]2)c1. The van der Waals surface area contributed by atoms with Gasteiger partial charge in [0.25, 0.3) is 5.91 Å². The van der Waals surface area contributed by atoms with E-state index in [1.54, 1.807) is 25.3 Å². The molecule has 0 atom stereocenters. The van der Waals surface area contributed by atoms with Crippen LogP contribution in [0.3, 0.4) is 0 Å². The van der Waals surface area contributed by atoms with Crippen LogP contribution in [0.4, 0.5) is 0 Å². The molecule has 0 fully saturated rings. The van der Waals surface area contributed by atoms with Crippen LogP contribution >= 0.6 is 0 Å². The van der Waals surface area contributed by atoms with Gasteiger partial charge in [-0.15, -0.1) is 0 Å². The number of methoxy groups -OCH3 is 2. The lowest BCUT2D eigenvalue weighted by molar-refractivity contribution is 0.0950. The van der Waals surface area contributed by atoms with Crippen LogP contribution in [0.5, 0.6) is 11.5 Å².